The smallest absolute Gasteiger partial charge is 0.165 e. The molecule has 1 aliphatic carbocycles. The number of ketones is 1. The van der Waals surface area contributed by atoms with Gasteiger partial charge < -0.3 is 10.1 Å². The van der Waals surface area contributed by atoms with Gasteiger partial charge in [0.05, 0.1) is 5.52 Å². The molecule has 5 rings (SSSR count). The summed E-state index contributed by atoms with van der Waals surface area (Å²) in [6.07, 6.45) is 3.46. The summed E-state index contributed by atoms with van der Waals surface area (Å²) in [5, 5.41) is 4.18. The number of halogens is 2. The van der Waals surface area contributed by atoms with Crippen LogP contribution in [0.1, 0.15) is 34.3 Å². The SMILES string of the molecule is O=C(c1ccc2ncnc(Nc3ccc(OCc4cccc(F)c4)c(CI)c3)c2c1)C1CC1. The van der Waals surface area contributed by atoms with Crippen LogP contribution in [0.5, 0.6) is 5.75 Å². The highest BCUT2D eigenvalue weighted by molar-refractivity contribution is 14.1. The Labute approximate surface area is 204 Å². The van der Waals surface area contributed by atoms with Gasteiger partial charge in [0.15, 0.2) is 5.78 Å². The molecule has 0 bridgehead atoms. The molecule has 4 aromatic rings. The molecule has 0 atom stereocenters. The Morgan fingerprint density at radius 1 is 1.09 bits per heavy atom. The fourth-order valence-corrected chi connectivity index (χ4v) is 4.31. The monoisotopic (exact) mass is 553 g/mol. The normalized spacial score (nSPS) is 13.2. The van der Waals surface area contributed by atoms with Crippen molar-refractivity contribution in [3.05, 3.63) is 89.5 Å². The van der Waals surface area contributed by atoms with Crippen LogP contribution in [0.2, 0.25) is 0 Å². The first-order chi connectivity index (χ1) is 16.1. The molecule has 166 valence electrons. The van der Waals surface area contributed by atoms with E-state index in [-0.39, 0.29) is 17.5 Å². The van der Waals surface area contributed by atoms with E-state index in [0.717, 1.165) is 50.7 Å². The van der Waals surface area contributed by atoms with Crippen molar-refractivity contribution in [1.29, 1.82) is 0 Å². The summed E-state index contributed by atoms with van der Waals surface area (Å²) in [4.78, 5) is 21.3. The first kappa shape index (κ1) is 21.8. The van der Waals surface area contributed by atoms with Crippen molar-refractivity contribution >= 4 is 50.8 Å². The van der Waals surface area contributed by atoms with E-state index < -0.39 is 0 Å². The molecule has 0 radical (unpaired) electrons. The zero-order chi connectivity index (χ0) is 22.8. The van der Waals surface area contributed by atoms with Crippen molar-refractivity contribution in [2.75, 3.05) is 5.32 Å². The number of rotatable bonds is 8. The van der Waals surface area contributed by atoms with Crippen LogP contribution < -0.4 is 10.1 Å². The topological polar surface area (TPSA) is 64.1 Å². The maximum atomic E-state index is 13.4. The van der Waals surface area contributed by atoms with Crippen LogP contribution >= 0.6 is 22.6 Å². The van der Waals surface area contributed by atoms with E-state index in [1.807, 2.05) is 42.5 Å². The average molecular weight is 553 g/mol. The number of carbonyl (C=O) groups is 1. The first-order valence-electron chi connectivity index (χ1n) is 10.7. The molecule has 0 aliphatic heterocycles. The molecule has 1 aromatic heterocycles. The zero-order valence-corrected chi connectivity index (χ0v) is 19.9. The van der Waals surface area contributed by atoms with E-state index in [2.05, 4.69) is 37.9 Å². The van der Waals surface area contributed by atoms with Gasteiger partial charge in [0.25, 0.3) is 0 Å². The van der Waals surface area contributed by atoms with Gasteiger partial charge in [0.1, 0.15) is 30.3 Å². The van der Waals surface area contributed by atoms with Crippen molar-refractivity contribution in [3.8, 4) is 5.75 Å². The van der Waals surface area contributed by atoms with Gasteiger partial charge in [-0.15, -0.1) is 0 Å². The predicted molar refractivity (Wildman–Crippen MR) is 135 cm³/mol. The van der Waals surface area contributed by atoms with Gasteiger partial charge in [0.2, 0.25) is 0 Å². The van der Waals surface area contributed by atoms with Gasteiger partial charge in [-0.25, -0.2) is 14.4 Å². The lowest BCUT2D eigenvalue weighted by Crippen LogP contribution is -2.03. The van der Waals surface area contributed by atoms with Crippen LogP contribution in [0.15, 0.2) is 67.0 Å². The average Bonchev–Trinajstić information content (AvgIpc) is 3.68. The van der Waals surface area contributed by atoms with Crippen molar-refractivity contribution in [2.24, 2.45) is 5.92 Å². The minimum atomic E-state index is -0.274. The molecule has 7 heteroatoms. The Kier molecular flexibility index (Phi) is 6.22. The number of Topliss-reactive ketones (excluding diaryl/α,β-unsaturated/α-hetero) is 1. The molecule has 33 heavy (non-hydrogen) atoms. The first-order valence-corrected chi connectivity index (χ1v) is 12.3. The molecule has 5 nitrogen and oxygen atoms in total. The minimum Gasteiger partial charge on any atom is -0.489 e. The quantitative estimate of drug-likeness (QED) is 0.151. The summed E-state index contributed by atoms with van der Waals surface area (Å²) in [5.41, 5.74) is 4.14. The van der Waals surface area contributed by atoms with E-state index >= 15 is 0 Å². The van der Waals surface area contributed by atoms with Crippen LogP contribution in [0.3, 0.4) is 0 Å². The van der Waals surface area contributed by atoms with E-state index in [1.54, 1.807) is 6.07 Å². The van der Waals surface area contributed by atoms with E-state index in [9.17, 15) is 9.18 Å². The molecule has 0 saturated heterocycles. The second kappa shape index (κ2) is 9.43. The Balaban J connectivity index is 1.38. The van der Waals surface area contributed by atoms with Gasteiger partial charge in [-0.1, -0.05) is 34.7 Å². The molecule has 1 aliphatic rings. The summed E-state index contributed by atoms with van der Waals surface area (Å²) in [6, 6.07) is 17.8. The number of hydrogen-bond acceptors (Lipinski definition) is 5. The van der Waals surface area contributed by atoms with Crippen LogP contribution in [0.4, 0.5) is 15.9 Å². The summed E-state index contributed by atoms with van der Waals surface area (Å²) in [7, 11) is 0. The Morgan fingerprint density at radius 3 is 2.76 bits per heavy atom. The van der Waals surface area contributed by atoms with Crippen molar-refractivity contribution in [1.82, 2.24) is 9.97 Å². The van der Waals surface area contributed by atoms with Gasteiger partial charge in [0, 0.05) is 32.5 Å². The van der Waals surface area contributed by atoms with Gasteiger partial charge in [-0.2, -0.15) is 0 Å². The van der Waals surface area contributed by atoms with E-state index in [0.29, 0.717) is 18.0 Å². The third-order valence-corrected chi connectivity index (χ3v) is 6.44. The second-order valence-electron chi connectivity index (χ2n) is 8.09. The van der Waals surface area contributed by atoms with Crippen LogP contribution in [-0.4, -0.2) is 15.8 Å². The van der Waals surface area contributed by atoms with Crippen LogP contribution in [0.25, 0.3) is 10.9 Å². The molecule has 0 amide bonds. The third kappa shape index (κ3) is 4.98. The summed E-state index contributed by atoms with van der Waals surface area (Å²) in [6.45, 7) is 0.294. The fraction of sp³-hybridized carbons (Fsp3) is 0.192. The Morgan fingerprint density at radius 2 is 1.97 bits per heavy atom. The number of hydrogen-bond donors (Lipinski definition) is 1. The molecular weight excluding hydrogens is 532 g/mol. The number of alkyl halides is 1. The number of nitrogens with zero attached hydrogens (tertiary/aromatic N) is 2. The molecule has 1 saturated carbocycles. The minimum absolute atomic E-state index is 0.162. The molecule has 3 aromatic carbocycles. The summed E-state index contributed by atoms with van der Waals surface area (Å²) >= 11 is 2.29. The maximum absolute atomic E-state index is 13.4. The van der Waals surface area contributed by atoms with E-state index in [1.165, 1.54) is 18.5 Å². The lowest BCUT2D eigenvalue weighted by atomic mass is 10.0. The van der Waals surface area contributed by atoms with Crippen molar-refractivity contribution in [3.63, 3.8) is 0 Å². The predicted octanol–water partition coefficient (Wildman–Crippen LogP) is 6.62. The number of aromatic nitrogens is 2. The second-order valence-corrected chi connectivity index (χ2v) is 8.86. The van der Waals surface area contributed by atoms with E-state index in [4.69, 9.17) is 4.74 Å². The molecule has 1 heterocycles. The van der Waals surface area contributed by atoms with Crippen molar-refractivity contribution < 1.29 is 13.9 Å². The number of fused-ring (bicyclic) bond motifs is 1. The highest BCUT2D eigenvalue weighted by Crippen LogP contribution is 2.34. The molecule has 0 spiro atoms. The van der Waals surface area contributed by atoms with Gasteiger partial charge in [-0.3, -0.25) is 4.79 Å². The number of nitrogens with one attached hydrogen (secondary N) is 1. The molecule has 1 N–H and O–H groups in total. The Hall–Kier alpha value is -3.07. The molecular formula is C26H21FIN3O2. The van der Waals surface area contributed by atoms with Gasteiger partial charge >= 0.3 is 0 Å². The number of carbonyl (C=O) groups excluding carboxylic acids is 1. The highest BCUT2D eigenvalue weighted by atomic mass is 127. The number of anilines is 2. The van der Waals surface area contributed by atoms with Crippen LogP contribution in [-0.2, 0) is 11.0 Å². The number of benzene rings is 3. The standard InChI is InChI=1S/C26H21FIN3O2/c27-20-3-1-2-16(10-20)14-33-24-9-7-21(11-19(24)13-28)31-26-22-12-18(25(32)17-4-5-17)6-8-23(22)29-15-30-26/h1-3,6-12,15,17H,4-5,13-14H2,(H,29,30,31). The fourth-order valence-electron chi connectivity index (χ4n) is 3.72. The lowest BCUT2D eigenvalue weighted by Gasteiger charge is -2.14. The largest absolute Gasteiger partial charge is 0.489 e. The number of ether oxygens (including phenoxy) is 1. The summed E-state index contributed by atoms with van der Waals surface area (Å²) < 4.78 is 20.1. The molecule has 0 unspecified atom stereocenters. The van der Waals surface area contributed by atoms with Gasteiger partial charge in [-0.05, 0) is 66.9 Å². The maximum Gasteiger partial charge on any atom is 0.165 e. The third-order valence-electron chi connectivity index (χ3n) is 5.62. The van der Waals surface area contributed by atoms with Crippen molar-refractivity contribution in [2.45, 2.75) is 23.9 Å². The lowest BCUT2D eigenvalue weighted by molar-refractivity contribution is 0.0968. The van der Waals surface area contributed by atoms with Crippen LogP contribution in [0, 0.1) is 11.7 Å². The Bertz CT molecular complexity index is 1340. The highest BCUT2D eigenvalue weighted by Gasteiger charge is 2.30. The summed E-state index contributed by atoms with van der Waals surface area (Å²) in [5.74, 6) is 1.49. The zero-order valence-electron chi connectivity index (χ0n) is 17.7. The molecule has 1 fully saturated rings.